The van der Waals surface area contributed by atoms with Crippen LogP contribution in [-0.2, 0) is 6.54 Å². The summed E-state index contributed by atoms with van der Waals surface area (Å²) < 4.78 is 5.15. The van der Waals surface area contributed by atoms with Crippen LogP contribution in [-0.4, -0.2) is 17.1 Å². The Morgan fingerprint density at radius 3 is 2.83 bits per heavy atom. The number of methoxy groups -OCH3 is 1. The van der Waals surface area contributed by atoms with E-state index in [0.29, 0.717) is 29.0 Å². The van der Waals surface area contributed by atoms with Crippen molar-refractivity contribution in [2.75, 3.05) is 18.2 Å². The van der Waals surface area contributed by atoms with Gasteiger partial charge in [0.2, 0.25) is 5.75 Å². The Balaban J connectivity index is 2.16. The summed E-state index contributed by atoms with van der Waals surface area (Å²) in [5.41, 5.74) is 6.66. The summed E-state index contributed by atoms with van der Waals surface area (Å²) in [5, 5.41) is 3.82. The summed E-state index contributed by atoms with van der Waals surface area (Å²) in [6.07, 6.45) is 1.38. The van der Waals surface area contributed by atoms with Crippen molar-refractivity contribution >= 4 is 23.2 Å². The Morgan fingerprint density at radius 1 is 1.33 bits per heavy atom. The van der Waals surface area contributed by atoms with Crippen LogP contribution in [0.1, 0.15) is 5.56 Å². The van der Waals surface area contributed by atoms with Gasteiger partial charge in [-0.25, -0.2) is 9.97 Å². The molecule has 0 aliphatic rings. The number of nitrogens with zero attached hydrogens (tertiary/aromatic N) is 2. The quantitative estimate of drug-likeness (QED) is 0.887. The van der Waals surface area contributed by atoms with Gasteiger partial charge in [-0.2, -0.15) is 0 Å². The molecule has 0 unspecified atom stereocenters. The number of aromatic nitrogens is 2. The van der Waals surface area contributed by atoms with E-state index in [1.165, 1.54) is 13.4 Å². The fourth-order valence-electron chi connectivity index (χ4n) is 1.54. The lowest BCUT2D eigenvalue weighted by atomic mass is 10.2. The third kappa shape index (κ3) is 2.62. The lowest BCUT2D eigenvalue weighted by Crippen LogP contribution is -2.06. The lowest BCUT2D eigenvalue weighted by Gasteiger charge is -2.11. The van der Waals surface area contributed by atoms with Crippen LogP contribution in [0.25, 0.3) is 0 Å². The van der Waals surface area contributed by atoms with Gasteiger partial charge < -0.3 is 15.8 Å². The minimum absolute atomic E-state index is 0.300. The Kier molecular flexibility index (Phi) is 3.84. The number of hydrogen-bond donors (Lipinski definition) is 2. The fraction of sp³-hybridized carbons (Fsp3) is 0.167. The molecule has 94 valence electrons. The average Bonchev–Trinajstić information content (AvgIpc) is 2.38. The van der Waals surface area contributed by atoms with E-state index in [9.17, 15) is 0 Å². The molecular weight excluding hydrogens is 252 g/mol. The van der Waals surface area contributed by atoms with Crippen LogP contribution in [0.4, 0.5) is 11.6 Å². The molecule has 0 fully saturated rings. The van der Waals surface area contributed by atoms with E-state index in [2.05, 4.69) is 15.3 Å². The number of halogens is 1. The van der Waals surface area contributed by atoms with Crippen LogP contribution in [0.3, 0.4) is 0 Å². The molecule has 1 aromatic carbocycles. The minimum Gasteiger partial charge on any atom is -0.490 e. The van der Waals surface area contributed by atoms with Gasteiger partial charge in [0.1, 0.15) is 6.33 Å². The molecule has 2 rings (SSSR count). The first-order valence-corrected chi connectivity index (χ1v) is 5.72. The smallest absolute Gasteiger partial charge is 0.203 e. The van der Waals surface area contributed by atoms with Gasteiger partial charge in [-0.3, -0.25) is 0 Å². The number of hydrogen-bond acceptors (Lipinski definition) is 5. The zero-order chi connectivity index (χ0) is 13.0. The maximum Gasteiger partial charge on any atom is 0.203 e. The SMILES string of the molecule is COc1c(N)ncnc1NCc1ccccc1Cl. The van der Waals surface area contributed by atoms with Crippen molar-refractivity contribution in [3.63, 3.8) is 0 Å². The van der Waals surface area contributed by atoms with Crippen molar-refractivity contribution in [2.45, 2.75) is 6.54 Å². The van der Waals surface area contributed by atoms with Crippen molar-refractivity contribution in [1.82, 2.24) is 9.97 Å². The van der Waals surface area contributed by atoms with Crippen molar-refractivity contribution in [3.8, 4) is 5.75 Å². The molecule has 0 bridgehead atoms. The summed E-state index contributed by atoms with van der Waals surface area (Å²) in [6.45, 7) is 0.534. The molecule has 0 aliphatic carbocycles. The number of nitrogens with one attached hydrogen (secondary N) is 1. The Hall–Kier alpha value is -2.01. The number of nitrogen functional groups attached to an aromatic ring is 1. The second-order valence-corrected chi connectivity index (χ2v) is 3.99. The molecule has 0 radical (unpaired) electrons. The number of nitrogens with two attached hydrogens (primary N) is 1. The van der Waals surface area contributed by atoms with E-state index < -0.39 is 0 Å². The van der Waals surface area contributed by atoms with Crippen LogP contribution < -0.4 is 15.8 Å². The molecule has 3 N–H and O–H groups in total. The summed E-state index contributed by atoms with van der Waals surface area (Å²) in [7, 11) is 1.52. The normalized spacial score (nSPS) is 10.1. The predicted octanol–water partition coefficient (Wildman–Crippen LogP) is 2.33. The molecule has 18 heavy (non-hydrogen) atoms. The first-order valence-electron chi connectivity index (χ1n) is 5.34. The number of benzene rings is 1. The predicted molar refractivity (Wildman–Crippen MR) is 71.8 cm³/mol. The topological polar surface area (TPSA) is 73.1 Å². The van der Waals surface area contributed by atoms with E-state index in [4.69, 9.17) is 22.1 Å². The molecule has 2 aromatic rings. The number of anilines is 2. The van der Waals surface area contributed by atoms with Crippen molar-refractivity contribution in [1.29, 1.82) is 0 Å². The molecule has 0 atom stereocenters. The van der Waals surface area contributed by atoms with Crippen LogP contribution in [0.2, 0.25) is 5.02 Å². The molecule has 0 saturated heterocycles. The van der Waals surface area contributed by atoms with E-state index in [1.807, 2.05) is 24.3 Å². The molecule has 6 heteroatoms. The fourth-order valence-corrected chi connectivity index (χ4v) is 1.74. The van der Waals surface area contributed by atoms with Crippen LogP contribution in [0.15, 0.2) is 30.6 Å². The van der Waals surface area contributed by atoms with Crippen molar-refractivity contribution in [2.24, 2.45) is 0 Å². The summed E-state index contributed by atoms with van der Waals surface area (Å²) in [4.78, 5) is 7.94. The zero-order valence-electron chi connectivity index (χ0n) is 9.85. The second-order valence-electron chi connectivity index (χ2n) is 3.59. The summed E-state index contributed by atoms with van der Waals surface area (Å²) >= 11 is 6.07. The van der Waals surface area contributed by atoms with E-state index >= 15 is 0 Å². The van der Waals surface area contributed by atoms with Gasteiger partial charge in [0.25, 0.3) is 0 Å². The first kappa shape index (κ1) is 12.4. The third-order valence-corrected chi connectivity index (χ3v) is 2.81. The highest BCUT2D eigenvalue weighted by molar-refractivity contribution is 6.31. The van der Waals surface area contributed by atoms with Crippen molar-refractivity contribution < 1.29 is 4.74 Å². The van der Waals surface area contributed by atoms with E-state index in [1.54, 1.807) is 0 Å². The van der Waals surface area contributed by atoms with Gasteiger partial charge in [0.15, 0.2) is 11.6 Å². The maximum absolute atomic E-state index is 6.07. The first-order chi connectivity index (χ1) is 8.72. The molecule has 1 heterocycles. The summed E-state index contributed by atoms with van der Waals surface area (Å²) in [5.74, 6) is 1.28. The monoisotopic (exact) mass is 264 g/mol. The largest absolute Gasteiger partial charge is 0.490 e. The van der Waals surface area contributed by atoms with E-state index in [0.717, 1.165) is 5.56 Å². The number of rotatable bonds is 4. The van der Waals surface area contributed by atoms with Crippen LogP contribution in [0.5, 0.6) is 5.75 Å². The molecule has 1 aromatic heterocycles. The molecular formula is C12H13ClN4O. The highest BCUT2D eigenvalue weighted by atomic mass is 35.5. The zero-order valence-corrected chi connectivity index (χ0v) is 10.6. The molecule has 0 aliphatic heterocycles. The highest BCUT2D eigenvalue weighted by Crippen LogP contribution is 2.27. The number of ether oxygens (including phenoxy) is 1. The van der Waals surface area contributed by atoms with Gasteiger partial charge in [-0.05, 0) is 11.6 Å². The molecule has 0 saturated carbocycles. The highest BCUT2D eigenvalue weighted by Gasteiger charge is 2.09. The summed E-state index contributed by atoms with van der Waals surface area (Å²) in [6, 6.07) is 7.58. The van der Waals surface area contributed by atoms with E-state index in [-0.39, 0.29) is 0 Å². The maximum atomic E-state index is 6.07. The third-order valence-electron chi connectivity index (χ3n) is 2.44. The standard InChI is InChI=1S/C12H13ClN4O/c1-18-10-11(14)16-7-17-12(10)15-6-8-4-2-3-5-9(8)13/h2-5,7H,6H2,1H3,(H3,14,15,16,17). The second kappa shape index (κ2) is 5.55. The Labute approximate surface area is 110 Å². The van der Waals surface area contributed by atoms with Gasteiger partial charge in [-0.1, -0.05) is 29.8 Å². The minimum atomic E-state index is 0.300. The van der Waals surface area contributed by atoms with Gasteiger partial charge >= 0.3 is 0 Å². The van der Waals surface area contributed by atoms with Crippen LogP contribution >= 0.6 is 11.6 Å². The van der Waals surface area contributed by atoms with Gasteiger partial charge in [-0.15, -0.1) is 0 Å². The molecule has 0 amide bonds. The molecule has 5 nitrogen and oxygen atoms in total. The van der Waals surface area contributed by atoms with Gasteiger partial charge in [0, 0.05) is 11.6 Å². The Morgan fingerprint density at radius 2 is 2.11 bits per heavy atom. The van der Waals surface area contributed by atoms with Gasteiger partial charge in [0.05, 0.1) is 7.11 Å². The van der Waals surface area contributed by atoms with Crippen LogP contribution in [0, 0.1) is 0 Å². The average molecular weight is 265 g/mol. The van der Waals surface area contributed by atoms with Crippen molar-refractivity contribution in [3.05, 3.63) is 41.2 Å². The Bertz CT molecular complexity index is 547. The molecule has 0 spiro atoms. The lowest BCUT2D eigenvalue weighted by molar-refractivity contribution is 0.415.